The molecule has 2 rings (SSSR count). The Morgan fingerprint density at radius 2 is 1.87 bits per heavy atom. The number of hydrogen-bond donors (Lipinski definition) is 3. The van der Waals surface area contributed by atoms with Gasteiger partial charge in [0.2, 0.25) is 0 Å². The molecule has 0 aliphatic rings. The fourth-order valence-electron chi connectivity index (χ4n) is 2.69. The Kier molecular flexibility index (Phi) is 11.7. The molecule has 0 spiro atoms. The van der Waals surface area contributed by atoms with E-state index in [4.69, 9.17) is 9.47 Å². The molecule has 164 valence electrons. The second-order valence-electron chi connectivity index (χ2n) is 6.31. The number of nitrogens with zero attached hydrogens (tertiary/aromatic N) is 1. The van der Waals surface area contributed by atoms with E-state index >= 15 is 0 Å². The smallest absolute Gasteiger partial charge is 0.251 e. The number of hydrogen-bond acceptors (Lipinski definition) is 4. The summed E-state index contributed by atoms with van der Waals surface area (Å²) in [5, 5.41) is 9.39. The molecule has 7 nitrogen and oxygen atoms in total. The van der Waals surface area contributed by atoms with E-state index in [1.165, 1.54) is 0 Å². The molecule has 1 amide bonds. The zero-order valence-electron chi connectivity index (χ0n) is 18.0. The van der Waals surface area contributed by atoms with Crippen molar-refractivity contribution < 1.29 is 14.3 Å². The molecule has 0 saturated carbocycles. The summed E-state index contributed by atoms with van der Waals surface area (Å²) in [5.74, 6) is 1.90. The van der Waals surface area contributed by atoms with Gasteiger partial charge in [0.15, 0.2) is 17.5 Å². The lowest BCUT2D eigenvalue weighted by atomic mass is 10.1. The summed E-state index contributed by atoms with van der Waals surface area (Å²) >= 11 is 0. The number of methoxy groups -OCH3 is 1. The van der Waals surface area contributed by atoms with Gasteiger partial charge in [0.25, 0.3) is 5.91 Å². The van der Waals surface area contributed by atoms with E-state index in [0.717, 1.165) is 17.7 Å². The molecule has 0 aliphatic carbocycles. The monoisotopic (exact) mass is 526 g/mol. The first-order chi connectivity index (χ1) is 14.1. The van der Waals surface area contributed by atoms with Crippen molar-refractivity contribution in [3.8, 4) is 11.5 Å². The van der Waals surface area contributed by atoms with Crippen LogP contribution in [0.15, 0.2) is 47.5 Å². The first kappa shape index (κ1) is 25.5. The molecular weight excluding hydrogens is 495 g/mol. The fraction of sp³-hybridized carbons (Fsp3) is 0.364. The number of carbonyl (C=O) groups is 1. The number of anilines is 1. The summed E-state index contributed by atoms with van der Waals surface area (Å²) in [7, 11) is 3.32. The van der Waals surface area contributed by atoms with Gasteiger partial charge in [-0.1, -0.05) is 19.1 Å². The highest BCUT2D eigenvalue weighted by Crippen LogP contribution is 2.30. The van der Waals surface area contributed by atoms with Gasteiger partial charge in [-0.25, -0.2) is 0 Å². The number of aliphatic imine (C=N–C) groups is 1. The van der Waals surface area contributed by atoms with Crippen molar-refractivity contribution in [1.82, 2.24) is 10.6 Å². The molecule has 3 N–H and O–H groups in total. The molecule has 0 unspecified atom stereocenters. The Labute approximate surface area is 195 Å². The molecule has 0 atom stereocenters. The van der Waals surface area contributed by atoms with Crippen LogP contribution >= 0.6 is 24.0 Å². The quantitative estimate of drug-likeness (QED) is 0.261. The topological polar surface area (TPSA) is 84.0 Å². The largest absolute Gasteiger partial charge is 0.493 e. The van der Waals surface area contributed by atoms with Crippen LogP contribution in [0.5, 0.6) is 11.5 Å². The molecule has 0 radical (unpaired) electrons. The van der Waals surface area contributed by atoms with Crippen molar-refractivity contribution in [2.45, 2.75) is 26.8 Å². The van der Waals surface area contributed by atoms with E-state index in [0.29, 0.717) is 42.7 Å². The number of carbonyl (C=O) groups excluding carboxylic acids is 1. The highest BCUT2D eigenvalue weighted by molar-refractivity contribution is 14.0. The molecule has 0 saturated heterocycles. The fourth-order valence-corrected chi connectivity index (χ4v) is 2.69. The van der Waals surface area contributed by atoms with Crippen molar-refractivity contribution in [2.75, 3.05) is 32.6 Å². The maximum atomic E-state index is 12.1. The Morgan fingerprint density at radius 1 is 1.07 bits per heavy atom. The average molecular weight is 526 g/mol. The summed E-state index contributed by atoms with van der Waals surface area (Å²) in [5.41, 5.74) is 2.47. The summed E-state index contributed by atoms with van der Waals surface area (Å²) in [6.07, 6.45) is 0.908. The molecule has 30 heavy (non-hydrogen) atoms. The van der Waals surface area contributed by atoms with E-state index in [-0.39, 0.29) is 29.9 Å². The normalized spacial score (nSPS) is 10.6. The number of nitrogens with one attached hydrogen (secondary N) is 3. The number of ether oxygens (including phenoxy) is 2. The molecule has 2 aromatic rings. The van der Waals surface area contributed by atoms with E-state index in [1.54, 1.807) is 14.2 Å². The first-order valence-corrected chi connectivity index (χ1v) is 9.76. The van der Waals surface area contributed by atoms with Crippen molar-refractivity contribution in [2.24, 2.45) is 4.99 Å². The van der Waals surface area contributed by atoms with Gasteiger partial charge in [0.1, 0.15) is 0 Å². The molecule has 0 aromatic heterocycles. The molecule has 0 aliphatic heterocycles. The lowest BCUT2D eigenvalue weighted by Crippen LogP contribution is -2.30. The van der Waals surface area contributed by atoms with Gasteiger partial charge in [-0.15, -0.1) is 24.0 Å². The van der Waals surface area contributed by atoms with Crippen LogP contribution in [0.3, 0.4) is 0 Å². The lowest BCUT2D eigenvalue weighted by Gasteiger charge is -2.15. The summed E-state index contributed by atoms with van der Waals surface area (Å²) in [6.45, 7) is 5.71. The van der Waals surface area contributed by atoms with Gasteiger partial charge in [-0.2, -0.15) is 0 Å². The van der Waals surface area contributed by atoms with Gasteiger partial charge >= 0.3 is 0 Å². The third-order valence-corrected chi connectivity index (χ3v) is 4.13. The summed E-state index contributed by atoms with van der Waals surface area (Å²) in [6, 6.07) is 13.2. The first-order valence-electron chi connectivity index (χ1n) is 9.76. The van der Waals surface area contributed by atoms with Crippen molar-refractivity contribution in [1.29, 1.82) is 0 Å². The van der Waals surface area contributed by atoms with E-state index < -0.39 is 0 Å². The molecule has 0 bridgehead atoms. The van der Waals surface area contributed by atoms with Crippen LogP contribution < -0.4 is 25.4 Å². The van der Waals surface area contributed by atoms with Crippen LogP contribution in [0.2, 0.25) is 0 Å². The highest BCUT2D eigenvalue weighted by Gasteiger charge is 2.08. The Morgan fingerprint density at radius 3 is 2.53 bits per heavy atom. The van der Waals surface area contributed by atoms with Crippen LogP contribution in [0, 0.1) is 0 Å². The number of amides is 1. The van der Waals surface area contributed by atoms with Gasteiger partial charge in [0.05, 0.1) is 13.7 Å². The van der Waals surface area contributed by atoms with Crippen molar-refractivity contribution in [3.05, 3.63) is 53.6 Å². The van der Waals surface area contributed by atoms with Gasteiger partial charge < -0.3 is 25.4 Å². The third-order valence-electron chi connectivity index (χ3n) is 4.13. The number of guanidine groups is 1. The second kappa shape index (κ2) is 13.7. The minimum atomic E-state index is -0.0575. The number of halogens is 1. The zero-order chi connectivity index (χ0) is 21.1. The number of rotatable bonds is 9. The SMILES string of the molecule is CCCNC(=O)c1cccc(CNC(=NC)Nc2ccc(OC)c(OCC)c2)c1.I. The Bertz CT molecular complexity index is 843. The molecule has 2 aromatic carbocycles. The molecular formula is C22H31IN4O3. The zero-order valence-corrected chi connectivity index (χ0v) is 20.3. The average Bonchev–Trinajstić information content (AvgIpc) is 2.75. The van der Waals surface area contributed by atoms with Gasteiger partial charge in [0, 0.05) is 37.5 Å². The predicted octanol–water partition coefficient (Wildman–Crippen LogP) is 4.04. The predicted molar refractivity (Wildman–Crippen MR) is 132 cm³/mol. The molecule has 0 fully saturated rings. The van der Waals surface area contributed by atoms with Crippen LogP contribution in [0.4, 0.5) is 5.69 Å². The Balaban J connectivity index is 0.00000450. The van der Waals surface area contributed by atoms with Gasteiger partial charge in [-0.05, 0) is 43.2 Å². The van der Waals surface area contributed by atoms with E-state index in [2.05, 4.69) is 20.9 Å². The Hall–Kier alpha value is -2.49. The minimum absolute atomic E-state index is 0. The van der Waals surface area contributed by atoms with Crippen LogP contribution in [0.1, 0.15) is 36.2 Å². The summed E-state index contributed by atoms with van der Waals surface area (Å²) < 4.78 is 10.9. The number of benzene rings is 2. The van der Waals surface area contributed by atoms with E-state index in [9.17, 15) is 4.79 Å². The minimum Gasteiger partial charge on any atom is -0.493 e. The van der Waals surface area contributed by atoms with Crippen LogP contribution in [0.25, 0.3) is 0 Å². The lowest BCUT2D eigenvalue weighted by molar-refractivity contribution is 0.0953. The highest BCUT2D eigenvalue weighted by atomic mass is 127. The molecule has 8 heteroatoms. The van der Waals surface area contributed by atoms with Crippen molar-refractivity contribution in [3.63, 3.8) is 0 Å². The summed E-state index contributed by atoms with van der Waals surface area (Å²) in [4.78, 5) is 16.4. The maximum absolute atomic E-state index is 12.1. The maximum Gasteiger partial charge on any atom is 0.251 e. The third kappa shape index (κ3) is 7.74. The van der Waals surface area contributed by atoms with E-state index in [1.807, 2.05) is 56.3 Å². The van der Waals surface area contributed by atoms with Crippen molar-refractivity contribution >= 4 is 41.5 Å². The van der Waals surface area contributed by atoms with Crippen LogP contribution in [-0.2, 0) is 6.54 Å². The van der Waals surface area contributed by atoms with Gasteiger partial charge in [-0.3, -0.25) is 9.79 Å². The van der Waals surface area contributed by atoms with Crippen LogP contribution in [-0.4, -0.2) is 39.2 Å². The molecule has 0 heterocycles. The second-order valence-corrected chi connectivity index (χ2v) is 6.31. The standard InChI is InChI=1S/C22H30N4O3.HI/c1-5-12-24-21(27)17-9-7-8-16(13-17)15-25-22(23-3)26-18-10-11-19(28-4)20(14-18)29-6-2;/h7-11,13-14H,5-6,12,15H2,1-4H3,(H,24,27)(H2,23,25,26);1H.